The van der Waals surface area contributed by atoms with Gasteiger partial charge in [-0.05, 0) is 32.4 Å². The van der Waals surface area contributed by atoms with Crippen LogP contribution in [0.5, 0.6) is 5.75 Å². The zero-order valence-electron chi connectivity index (χ0n) is 9.21. The van der Waals surface area contributed by atoms with Crippen LogP contribution in [0.3, 0.4) is 0 Å². The summed E-state index contributed by atoms with van der Waals surface area (Å²) in [7, 11) is 0. The predicted molar refractivity (Wildman–Crippen MR) is 65.1 cm³/mol. The zero-order chi connectivity index (χ0) is 11.4. The highest BCUT2D eigenvalue weighted by Gasteiger charge is 2.17. The molecule has 0 aromatic heterocycles. The van der Waals surface area contributed by atoms with Crippen LogP contribution in [0.2, 0.25) is 0 Å². The fourth-order valence-corrected chi connectivity index (χ4v) is 1.64. The van der Waals surface area contributed by atoms with E-state index in [2.05, 4.69) is 15.9 Å². The minimum atomic E-state index is -0.182. The van der Waals surface area contributed by atoms with Crippen LogP contribution in [0, 0.1) is 6.92 Å². The molecule has 0 spiro atoms. The summed E-state index contributed by atoms with van der Waals surface area (Å²) in [5.41, 5.74) is 1.65. The number of ether oxygens (including phenoxy) is 1. The van der Waals surface area contributed by atoms with Gasteiger partial charge < -0.3 is 4.74 Å². The van der Waals surface area contributed by atoms with E-state index in [0.29, 0.717) is 17.9 Å². The molecule has 0 heterocycles. The fourth-order valence-electron chi connectivity index (χ4n) is 1.40. The topological polar surface area (TPSA) is 26.3 Å². The molecule has 0 radical (unpaired) electrons. The molecule has 82 valence electrons. The lowest BCUT2D eigenvalue weighted by Gasteiger charge is -2.12. The first-order valence-corrected chi connectivity index (χ1v) is 5.90. The van der Waals surface area contributed by atoms with Gasteiger partial charge >= 0.3 is 0 Å². The summed E-state index contributed by atoms with van der Waals surface area (Å²) < 4.78 is 5.50. The molecule has 0 aliphatic heterocycles. The first kappa shape index (κ1) is 12.2. The number of hydrogen-bond donors (Lipinski definition) is 0. The Kier molecular flexibility index (Phi) is 4.33. The van der Waals surface area contributed by atoms with Gasteiger partial charge in [0.1, 0.15) is 5.75 Å². The second-order valence-corrected chi connectivity index (χ2v) is 4.74. The highest BCUT2D eigenvalue weighted by atomic mass is 79.9. The smallest absolute Gasteiger partial charge is 0.179 e. The normalized spacial score (nSPS) is 12.3. The number of rotatable bonds is 4. The Labute approximate surface area is 98.8 Å². The van der Waals surface area contributed by atoms with Gasteiger partial charge in [0.15, 0.2) is 5.78 Å². The maximum atomic E-state index is 11.9. The lowest BCUT2D eigenvalue weighted by atomic mass is 10.0. The number of hydrogen-bond acceptors (Lipinski definition) is 2. The largest absolute Gasteiger partial charge is 0.493 e. The van der Waals surface area contributed by atoms with Gasteiger partial charge in [0.05, 0.1) is 17.0 Å². The quantitative estimate of drug-likeness (QED) is 0.620. The van der Waals surface area contributed by atoms with Gasteiger partial charge in [-0.2, -0.15) is 0 Å². The second-order valence-electron chi connectivity index (χ2n) is 3.36. The van der Waals surface area contributed by atoms with Crippen LogP contribution in [0.25, 0.3) is 0 Å². The van der Waals surface area contributed by atoms with Crippen molar-refractivity contribution in [2.24, 2.45) is 0 Å². The number of para-hydroxylation sites is 1. The molecule has 3 heteroatoms. The van der Waals surface area contributed by atoms with Gasteiger partial charge in [0.2, 0.25) is 0 Å². The third-order valence-corrected chi connectivity index (χ3v) is 2.54. The zero-order valence-corrected chi connectivity index (χ0v) is 10.8. The monoisotopic (exact) mass is 270 g/mol. The highest BCUT2D eigenvalue weighted by molar-refractivity contribution is 9.10. The Balaban J connectivity index is 3.16. The maximum Gasteiger partial charge on any atom is 0.179 e. The molecule has 1 atom stereocenters. The molecule has 0 fully saturated rings. The molecule has 1 aromatic rings. The van der Waals surface area contributed by atoms with E-state index in [1.54, 1.807) is 6.07 Å². The van der Waals surface area contributed by atoms with E-state index in [0.717, 1.165) is 5.56 Å². The average molecular weight is 271 g/mol. The molecule has 0 aliphatic rings. The fraction of sp³-hybridized carbons (Fsp3) is 0.417. The summed E-state index contributed by atoms with van der Waals surface area (Å²) in [5.74, 6) is 0.762. The van der Waals surface area contributed by atoms with Crippen LogP contribution in [0.1, 0.15) is 29.8 Å². The van der Waals surface area contributed by atoms with Crippen molar-refractivity contribution in [1.82, 2.24) is 0 Å². The van der Waals surface area contributed by atoms with E-state index in [9.17, 15) is 4.79 Å². The number of Topliss-reactive ketones (excluding diaryl/α,β-unsaturated/α-hetero) is 1. The van der Waals surface area contributed by atoms with Crippen LogP contribution in [0.4, 0.5) is 0 Å². The minimum absolute atomic E-state index is 0.0575. The predicted octanol–water partition coefficient (Wildman–Crippen LogP) is 3.36. The van der Waals surface area contributed by atoms with Crippen molar-refractivity contribution in [1.29, 1.82) is 0 Å². The molecule has 0 saturated heterocycles. The molecule has 1 unspecified atom stereocenters. The van der Waals surface area contributed by atoms with Gasteiger partial charge in [-0.15, -0.1) is 0 Å². The van der Waals surface area contributed by atoms with Crippen molar-refractivity contribution in [2.75, 3.05) is 6.61 Å². The van der Waals surface area contributed by atoms with Crippen molar-refractivity contribution < 1.29 is 9.53 Å². The Morgan fingerprint density at radius 1 is 1.53 bits per heavy atom. The summed E-state index contributed by atoms with van der Waals surface area (Å²) in [6, 6.07) is 5.62. The van der Waals surface area contributed by atoms with Crippen molar-refractivity contribution in [3.63, 3.8) is 0 Å². The molecular weight excluding hydrogens is 256 g/mol. The molecule has 1 aromatic carbocycles. The molecule has 2 nitrogen and oxygen atoms in total. The van der Waals surface area contributed by atoms with Crippen molar-refractivity contribution >= 4 is 21.7 Å². The molecule has 1 rings (SSSR count). The van der Waals surface area contributed by atoms with Gasteiger partial charge in [-0.3, -0.25) is 4.79 Å². The van der Waals surface area contributed by atoms with Crippen LogP contribution in [0.15, 0.2) is 18.2 Å². The number of carbonyl (C=O) groups is 1. The second kappa shape index (κ2) is 5.31. The third kappa shape index (κ3) is 2.81. The third-order valence-electron chi connectivity index (χ3n) is 2.13. The number of carbonyl (C=O) groups excluding carboxylic acids is 1. The van der Waals surface area contributed by atoms with E-state index in [-0.39, 0.29) is 10.6 Å². The highest BCUT2D eigenvalue weighted by Crippen LogP contribution is 2.25. The average Bonchev–Trinajstić information content (AvgIpc) is 2.20. The van der Waals surface area contributed by atoms with Crippen molar-refractivity contribution in [3.8, 4) is 5.75 Å². The summed E-state index contributed by atoms with van der Waals surface area (Å²) in [4.78, 5) is 11.7. The number of halogens is 1. The van der Waals surface area contributed by atoms with E-state index in [4.69, 9.17) is 4.74 Å². The van der Waals surface area contributed by atoms with E-state index in [1.807, 2.05) is 32.9 Å². The van der Waals surface area contributed by atoms with E-state index < -0.39 is 0 Å². The molecule has 15 heavy (non-hydrogen) atoms. The van der Waals surface area contributed by atoms with Gasteiger partial charge in [0.25, 0.3) is 0 Å². The summed E-state index contributed by atoms with van der Waals surface area (Å²) in [5, 5.41) is 0. The van der Waals surface area contributed by atoms with Gasteiger partial charge in [-0.1, -0.05) is 28.1 Å². The van der Waals surface area contributed by atoms with E-state index >= 15 is 0 Å². The summed E-state index contributed by atoms with van der Waals surface area (Å²) >= 11 is 3.28. The Morgan fingerprint density at radius 2 is 2.20 bits per heavy atom. The van der Waals surface area contributed by atoms with Crippen LogP contribution in [-0.2, 0) is 0 Å². The summed E-state index contributed by atoms with van der Waals surface area (Å²) in [6.07, 6.45) is 0. The van der Waals surface area contributed by atoms with Gasteiger partial charge in [-0.25, -0.2) is 0 Å². The first-order valence-electron chi connectivity index (χ1n) is 4.98. The number of aryl methyl sites for hydroxylation is 1. The maximum absolute atomic E-state index is 11.9. The standard InChI is InChI=1S/C12H15BrO2/c1-4-15-12-8(2)6-5-7-10(12)11(14)9(3)13/h5-7,9H,4H2,1-3H3. The SMILES string of the molecule is CCOc1c(C)cccc1C(=O)C(C)Br. The molecule has 0 N–H and O–H groups in total. The number of benzene rings is 1. The number of alkyl halides is 1. The molecule has 0 saturated carbocycles. The molecular formula is C12H15BrO2. The molecule has 0 bridgehead atoms. The Bertz CT molecular complexity index is 359. The number of ketones is 1. The minimum Gasteiger partial charge on any atom is -0.493 e. The molecule has 0 aliphatic carbocycles. The first-order chi connectivity index (χ1) is 7.07. The van der Waals surface area contributed by atoms with Crippen molar-refractivity contribution in [3.05, 3.63) is 29.3 Å². The van der Waals surface area contributed by atoms with Gasteiger partial charge in [0, 0.05) is 0 Å². The lowest BCUT2D eigenvalue weighted by Crippen LogP contribution is -2.12. The van der Waals surface area contributed by atoms with E-state index in [1.165, 1.54) is 0 Å². The van der Waals surface area contributed by atoms with Crippen molar-refractivity contribution in [2.45, 2.75) is 25.6 Å². The lowest BCUT2D eigenvalue weighted by molar-refractivity contribution is 0.0992. The van der Waals surface area contributed by atoms with Crippen LogP contribution in [-0.4, -0.2) is 17.2 Å². The Morgan fingerprint density at radius 3 is 2.73 bits per heavy atom. The Hall–Kier alpha value is -0.830. The van der Waals surface area contributed by atoms with Crippen LogP contribution < -0.4 is 4.74 Å². The van der Waals surface area contributed by atoms with Crippen LogP contribution >= 0.6 is 15.9 Å². The molecule has 0 amide bonds. The summed E-state index contributed by atoms with van der Waals surface area (Å²) in [6.45, 7) is 6.25.